The molecule has 0 radical (unpaired) electrons. The Morgan fingerprint density at radius 2 is 1.88 bits per heavy atom. The molecule has 0 fully saturated rings. The van der Waals surface area contributed by atoms with Crippen molar-refractivity contribution >= 4 is 17.7 Å². The molecule has 0 aliphatic carbocycles. The molecule has 2 nitrogen and oxygen atoms in total. The van der Waals surface area contributed by atoms with Crippen LogP contribution in [0.5, 0.6) is 0 Å². The fourth-order valence-corrected chi connectivity index (χ4v) is 2.51. The number of unbranched alkanes of at least 4 members (excludes halogenated alkanes) is 3. The lowest BCUT2D eigenvalue weighted by molar-refractivity contribution is -0.136. The Morgan fingerprint density at radius 1 is 1.18 bits per heavy atom. The molecule has 0 heterocycles. The molecular weight excluding hydrogens is 232 g/mol. The minimum Gasteiger partial charge on any atom is -0.481 e. The van der Waals surface area contributed by atoms with Crippen molar-refractivity contribution in [3.05, 3.63) is 29.8 Å². The summed E-state index contributed by atoms with van der Waals surface area (Å²) >= 11 is 1.85. The molecule has 3 heteroatoms. The van der Waals surface area contributed by atoms with Gasteiger partial charge in [0.2, 0.25) is 0 Å². The third-order valence-electron chi connectivity index (χ3n) is 2.55. The highest BCUT2D eigenvalue weighted by molar-refractivity contribution is 7.99. The molecule has 0 aliphatic heterocycles. The second kappa shape index (κ2) is 8.18. The Hall–Kier alpha value is -0.960. The third kappa shape index (κ3) is 6.37. The van der Waals surface area contributed by atoms with Crippen molar-refractivity contribution in [2.75, 3.05) is 5.75 Å². The third-order valence-corrected chi connectivity index (χ3v) is 3.64. The Labute approximate surface area is 107 Å². The molecule has 0 unspecified atom stereocenters. The van der Waals surface area contributed by atoms with Crippen LogP contribution in [-0.4, -0.2) is 16.8 Å². The predicted octanol–water partition coefficient (Wildman–Crippen LogP) is 3.99. The van der Waals surface area contributed by atoms with Crippen molar-refractivity contribution < 1.29 is 9.90 Å². The monoisotopic (exact) mass is 252 g/mol. The van der Waals surface area contributed by atoms with E-state index >= 15 is 0 Å². The van der Waals surface area contributed by atoms with Crippen LogP contribution in [0.15, 0.2) is 29.2 Å². The van der Waals surface area contributed by atoms with E-state index in [1.807, 2.05) is 36.0 Å². The fraction of sp³-hybridized carbons (Fsp3) is 0.500. The minimum atomic E-state index is -0.773. The molecule has 1 aromatic rings. The number of aliphatic carboxylic acids is 1. The van der Waals surface area contributed by atoms with Gasteiger partial charge in [0, 0.05) is 4.90 Å². The normalized spacial score (nSPS) is 10.4. The number of carbonyl (C=O) groups is 1. The molecule has 17 heavy (non-hydrogen) atoms. The SMILES string of the molecule is CCCCCCSc1ccc(CC(=O)O)cc1. The summed E-state index contributed by atoms with van der Waals surface area (Å²) in [5.74, 6) is 0.378. The molecule has 0 atom stereocenters. The van der Waals surface area contributed by atoms with E-state index in [1.165, 1.54) is 30.6 Å². The van der Waals surface area contributed by atoms with Gasteiger partial charge in [0.05, 0.1) is 6.42 Å². The highest BCUT2D eigenvalue weighted by Gasteiger charge is 2.00. The van der Waals surface area contributed by atoms with Crippen molar-refractivity contribution in [3.63, 3.8) is 0 Å². The summed E-state index contributed by atoms with van der Waals surface area (Å²) in [6.07, 6.45) is 5.27. The average molecular weight is 252 g/mol. The van der Waals surface area contributed by atoms with Crippen molar-refractivity contribution in [1.82, 2.24) is 0 Å². The standard InChI is InChI=1S/C14H20O2S/c1-2-3-4-5-10-17-13-8-6-12(7-9-13)11-14(15)16/h6-9H,2-5,10-11H2,1H3,(H,15,16). The summed E-state index contributed by atoms with van der Waals surface area (Å²) in [6, 6.07) is 7.84. The van der Waals surface area contributed by atoms with Gasteiger partial charge < -0.3 is 5.11 Å². The Morgan fingerprint density at radius 3 is 2.47 bits per heavy atom. The van der Waals surface area contributed by atoms with Crippen molar-refractivity contribution in [2.45, 2.75) is 43.9 Å². The van der Waals surface area contributed by atoms with Gasteiger partial charge in [-0.3, -0.25) is 4.79 Å². The summed E-state index contributed by atoms with van der Waals surface area (Å²) < 4.78 is 0. The van der Waals surface area contributed by atoms with Gasteiger partial charge >= 0.3 is 5.97 Å². The molecule has 1 rings (SSSR count). The van der Waals surface area contributed by atoms with E-state index in [0.717, 1.165) is 11.3 Å². The van der Waals surface area contributed by atoms with Gasteiger partial charge in [-0.2, -0.15) is 0 Å². The van der Waals surface area contributed by atoms with E-state index < -0.39 is 5.97 Å². The van der Waals surface area contributed by atoms with E-state index in [-0.39, 0.29) is 6.42 Å². The van der Waals surface area contributed by atoms with E-state index in [2.05, 4.69) is 6.92 Å². The quantitative estimate of drug-likeness (QED) is 0.561. The average Bonchev–Trinajstić information content (AvgIpc) is 2.30. The van der Waals surface area contributed by atoms with Gasteiger partial charge in [0.25, 0.3) is 0 Å². The molecular formula is C14H20O2S. The second-order valence-corrected chi connectivity index (χ2v) is 5.29. The summed E-state index contributed by atoms with van der Waals surface area (Å²) in [4.78, 5) is 11.8. The topological polar surface area (TPSA) is 37.3 Å². The first-order valence-electron chi connectivity index (χ1n) is 6.16. The second-order valence-electron chi connectivity index (χ2n) is 4.12. The molecule has 0 spiro atoms. The van der Waals surface area contributed by atoms with Gasteiger partial charge in [0.15, 0.2) is 0 Å². The number of hydrogen-bond acceptors (Lipinski definition) is 2. The lowest BCUT2D eigenvalue weighted by Gasteiger charge is -2.03. The minimum absolute atomic E-state index is 0.113. The number of thioether (sulfide) groups is 1. The number of benzene rings is 1. The predicted molar refractivity (Wildman–Crippen MR) is 72.6 cm³/mol. The van der Waals surface area contributed by atoms with Crippen molar-refractivity contribution in [2.24, 2.45) is 0 Å². The summed E-state index contributed by atoms with van der Waals surface area (Å²) in [6.45, 7) is 2.22. The Bertz CT molecular complexity index is 333. The lowest BCUT2D eigenvalue weighted by Crippen LogP contribution is -1.99. The Balaban J connectivity index is 2.28. The Kier molecular flexibility index (Phi) is 6.78. The molecule has 0 aromatic heterocycles. The fourth-order valence-electron chi connectivity index (χ4n) is 1.60. The molecule has 0 aliphatic rings. The number of rotatable bonds is 8. The summed E-state index contributed by atoms with van der Waals surface area (Å²) in [5.41, 5.74) is 0.868. The smallest absolute Gasteiger partial charge is 0.307 e. The van der Waals surface area contributed by atoms with E-state index in [0.29, 0.717) is 0 Å². The molecule has 94 valence electrons. The van der Waals surface area contributed by atoms with Crippen molar-refractivity contribution in [3.8, 4) is 0 Å². The first-order valence-corrected chi connectivity index (χ1v) is 7.14. The molecule has 0 amide bonds. The highest BCUT2D eigenvalue weighted by Crippen LogP contribution is 2.20. The molecule has 1 N–H and O–H groups in total. The van der Waals surface area contributed by atoms with Crippen LogP contribution in [0.25, 0.3) is 0 Å². The van der Waals surface area contributed by atoms with Crippen LogP contribution in [-0.2, 0) is 11.2 Å². The molecule has 1 aromatic carbocycles. The number of carboxylic acid groups (broad SMARTS) is 1. The maximum Gasteiger partial charge on any atom is 0.307 e. The summed E-state index contributed by atoms with van der Waals surface area (Å²) in [5, 5.41) is 8.65. The van der Waals surface area contributed by atoms with E-state index in [1.54, 1.807) is 0 Å². The van der Waals surface area contributed by atoms with Gasteiger partial charge in [-0.1, -0.05) is 38.3 Å². The first-order chi connectivity index (χ1) is 8.22. The van der Waals surface area contributed by atoms with Crippen LogP contribution in [0.1, 0.15) is 38.2 Å². The van der Waals surface area contributed by atoms with Crippen LogP contribution < -0.4 is 0 Å². The molecule has 0 saturated carbocycles. The number of carboxylic acids is 1. The van der Waals surface area contributed by atoms with Gasteiger partial charge in [-0.15, -0.1) is 11.8 Å². The zero-order valence-corrected chi connectivity index (χ0v) is 11.1. The van der Waals surface area contributed by atoms with Crippen molar-refractivity contribution in [1.29, 1.82) is 0 Å². The lowest BCUT2D eigenvalue weighted by atomic mass is 10.2. The zero-order valence-electron chi connectivity index (χ0n) is 10.3. The van der Waals surface area contributed by atoms with Gasteiger partial charge in [-0.25, -0.2) is 0 Å². The molecule has 0 saturated heterocycles. The van der Waals surface area contributed by atoms with E-state index in [4.69, 9.17) is 5.11 Å². The van der Waals surface area contributed by atoms with Crippen LogP contribution in [0.3, 0.4) is 0 Å². The van der Waals surface area contributed by atoms with Crippen LogP contribution in [0, 0.1) is 0 Å². The summed E-state index contributed by atoms with van der Waals surface area (Å²) in [7, 11) is 0. The highest BCUT2D eigenvalue weighted by atomic mass is 32.2. The first kappa shape index (κ1) is 14.1. The van der Waals surface area contributed by atoms with Gasteiger partial charge in [0.1, 0.15) is 0 Å². The largest absolute Gasteiger partial charge is 0.481 e. The van der Waals surface area contributed by atoms with E-state index in [9.17, 15) is 4.79 Å². The maximum atomic E-state index is 10.5. The molecule has 0 bridgehead atoms. The van der Waals surface area contributed by atoms with Crippen LogP contribution in [0.2, 0.25) is 0 Å². The zero-order chi connectivity index (χ0) is 12.5. The van der Waals surface area contributed by atoms with Crippen LogP contribution >= 0.6 is 11.8 Å². The maximum absolute atomic E-state index is 10.5. The van der Waals surface area contributed by atoms with Gasteiger partial charge in [-0.05, 0) is 29.9 Å². The van der Waals surface area contributed by atoms with Crippen LogP contribution in [0.4, 0.5) is 0 Å². The number of hydrogen-bond donors (Lipinski definition) is 1.